The summed E-state index contributed by atoms with van der Waals surface area (Å²) in [5.41, 5.74) is 0.131. The minimum absolute atomic E-state index is 0.0358. The molecule has 0 radical (unpaired) electrons. The van der Waals surface area contributed by atoms with Crippen LogP contribution in [-0.2, 0) is 10.0 Å². The number of hydrogen-bond acceptors (Lipinski definition) is 3. The molecule has 0 aromatic heterocycles. The van der Waals surface area contributed by atoms with E-state index in [1.165, 1.54) is 0 Å². The zero-order valence-corrected chi connectivity index (χ0v) is 12.7. The van der Waals surface area contributed by atoms with Crippen molar-refractivity contribution < 1.29 is 17.6 Å². The van der Waals surface area contributed by atoms with Gasteiger partial charge in [-0.3, -0.25) is 4.79 Å². The smallest absolute Gasteiger partial charge is 0.251 e. The molecule has 21 heavy (non-hydrogen) atoms. The maximum Gasteiger partial charge on any atom is 0.251 e. The van der Waals surface area contributed by atoms with Crippen LogP contribution in [0.2, 0.25) is 0 Å². The highest BCUT2D eigenvalue weighted by atomic mass is 32.2. The number of nitrogens with two attached hydrogens (primary N) is 1. The summed E-state index contributed by atoms with van der Waals surface area (Å²) in [5.74, 6) is -1.29. The normalized spacial score (nSPS) is 16.5. The molecule has 1 aromatic rings. The van der Waals surface area contributed by atoms with Gasteiger partial charge in [0.05, 0.1) is 4.90 Å². The number of halogens is 1. The molecule has 2 rings (SSSR count). The Balaban J connectivity index is 2.11. The molecule has 0 heterocycles. The standard InChI is InChI=1S/C14H19FN2O3S/c1-2-3-14(4-5-14)9-17-13(18)10-6-11(15)8-12(7-10)21(16,19)20/h6-8H,2-5,9H2,1H3,(H,17,18)(H2,16,19,20). The molecule has 7 heteroatoms. The molecule has 1 aliphatic carbocycles. The number of primary sulfonamides is 1. The Morgan fingerprint density at radius 3 is 2.57 bits per heavy atom. The minimum Gasteiger partial charge on any atom is -0.351 e. The van der Waals surface area contributed by atoms with E-state index in [0.29, 0.717) is 6.54 Å². The summed E-state index contributed by atoms with van der Waals surface area (Å²) >= 11 is 0. The molecule has 0 bridgehead atoms. The van der Waals surface area contributed by atoms with Crippen LogP contribution in [0.3, 0.4) is 0 Å². The molecule has 0 atom stereocenters. The molecule has 1 fully saturated rings. The molecule has 1 saturated carbocycles. The molecule has 0 unspecified atom stereocenters. The Kier molecular flexibility index (Phi) is 4.34. The van der Waals surface area contributed by atoms with Gasteiger partial charge in [-0.05, 0) is 42.9 Å². The summed E-state index contributed by atoms with van der Waals surface area (Å²) in [6.07, 6.45) is 4.24. The number of carbonyl (C=O) groups excluding carboxylic acids is 1. The van der Waals surface area contributed by atoms with Gasteiger partial charge in [-0.2, -0.15) is 0 Å². The van der Waals surface area contributed by atoms with Crippen LogP contribution in [0.4, 0.5) is 4.39 Å². The van der Waals surface area contributed by atoms with Gasteiger partial charge in [-0.25, -0.2) is 17.9 Å². The molecular weight excluding hydrogens is 295 g/mol. The zero-order valence-electron chi connectivity index (χ0n) is 11.9. The third kappa shape index (κ3) is 4.01. The van der Waals surface area contributed by atoms with Gasteiger partial charge >= 0.3 is 0 Å². The highest BCUT2D eigenvalue weighted by molar-refractivity contribution is 7.89. The first-order valence-electron chi connectivity index (χ1n) is 6.87. The van der Waals surface area contributed by atoms with Crippen molar-refractivity contribution in [2.24, 2.45) is 10.6 Å². The second kappa shape index (κ2) is 5.73. The molecule has 0 aliphatic heterocycles. The average Bonchev–Trinajstić information content (AvgIpc) is 3.15. The molecule has 0 saturated heterocycles. The van der Waals surface area contributed by atoms with Gasteiger partial charge in [0.2, 0.25) is 10.0 Å². The predicted octanol–water partition coefficient (Wildman–Crippen LogP) is 1.78. The van der Waals surface area contributed by atoms with Crippen molar-refractivity contribution in [3.63, 3.8) is 0 Å². The third-order valence-electron chi connectivity index (χ3n) is 3.82. The van der Waals surface area contributed by atoms with Gasteiger partial charge in [0.15, 0.2) is 0 Å². The van der Waals surface area contributed by atoms with Crippen LogP contribution in [0.5, 0.6) is 0 Å². The lowest BCUT2D eigenvalue weighted by molar-refractivity contribution is 0.0943. The van der Waals surface area contributed by atoms with E-state index in [2.05, 4.69) is 12.2 Å². The van der Waals surface area contributed by atoms with E-state index in [-0.39, 0.29) is 11.0 Å². The monoisotopic (exact) mass is 314 g/mol. The highest BCUT2D eigenvalue weighted by Gasteiger charge is 2.41. The Morgan fingerprint density at radius 2 is 2.05 bits per heavy atom. The van der Waals surface area contributed by atoms with E-state index in [4.69, 9.17) is 5.14 Å². The zero-order chi connectivity index (χ0) is 15.7. The molecule has 1 aliphatic rings. The van der Waals surface area contributed by atoms with E-state index in [0.717, 1.165) is 43.9 Å². The third-order valence-corrected chi connectivity index (χ3v) is 4.72. The molecular formula is C14H19FN2O3S. The summed E-state index contributed by atoms with van der Waals surface area (Å²) in [4.78, 5) is 11.6. The van der Waals surface area contributed by atoms with Crippen LogP contribution in [0.15, 0.2) is 23.1 Å². The highest BCUT2D eigenvalue weighted by Crippen LogP contribution is 2.48. The summed E-state index contributed by atoms with van der Waals surface area (Å²) < 4.78 is 35.9. The van der Waals surface area contributed by atoms with E-state index >= 15 is 0 Å². The van der Waals surface area contributed by atoms with Gasteiger partial charge in [0, 0.05) is 12.1 Å². The maximum absolute atomic E-state index is 13.4. The van der Waals surface area contributed by atoms with E-state index in [1.807, 2.05) is 0 Å². The number of nitrogens with one attached hydrogen (secondary N) is 1. The first-order valence-corrected chi connectivity index (χ1v) is 8.42. The summed E-state index contributed by atoms with van der Waals surface area (Å²) in [6, 6.07) is 2.89. The summed E-state index contributed by atoms with van der Waals surface area (Å²) in [5, 5.41) is 7.71. The second-order valence-corrected chi connectivity index (χ2v) is 7.21. The number of rotatable bonds is 6. The first kappa shape index (κ1) is 15.9. The van der Waals surface area contributed by atoms with E-state index in [1.54, 1.807) is 0 Å². The number of benzene rings is 1. The number of carbonyl (C=O) groups is 1. The van der Waals surface area contributed by atoms with Crippen molar-refractivity contribution in [2.45, 2.75) is 37.5 Å². The largest absolute Gasteiger partial charge is 0.351 e. The molecule has 1 aromatic carbocycles. The van der Waals surface area contributed by atoms with Crippen LogP contribution in [0.1, 0.15) is 43.0 Å². The van der Waals surface area contributed by atoms with Crippen molar-refractivity contribution in [1.29, 1.82) is 0 Å². The van der Waals surface area contributed by atoms with Gasteiger partial charge in [0.25, 0.3) is 5.91 Å². The molecule has 5 nitrogen and oxygen atoms in total. The number of hydrogen-bond donors (Lipinski definition) is 2. The van der Waals surface area contributed by atoms with Crippen molar-refractivity contribution >= 4 is 15.9 Å². The van der Waals surface area contributed by atoms with Gasteiger partial charge < -0.3 is 5.32 Å². The molecule has 3 N–H and O–H groups in total. The summed E-state index contributed by atoms with van der Waals surface area (Å²) in [7, 11) is -4.04. The number of amides is 1. The average molecular weight is 314 g/mol. The SMILES string of the molecule is CCCC1(CNC(=O)c2cc(F)cc(S(N)(=O)=O)c2)CC1. The van der Waals surface area contributed by atoms with Crippen molar-refractivity contribution in [2.75, 3.05) is 6.54 Å². The van der Waals surface area contributed by atoms with Crippen LogP contribution in [-0.4, -0.2) is 20.9 Å². The second-order valence-electron chi connectivity index (χ2n) is 5.65. The first-order chi connectivity index (χ1) is 9.76. The fourth-order valence-corrected chi connectivity index (χ4v) is 3.02. The predicted molar refractivity (Wildman–Crippen MR) is 76.7 cm³/mol. The lowest BCUT2D eigenvalue weighted by Gasteiger charge is -2.15. The lowest BCUT2D eigenvalue weighted by atomic mass is 10.0. The number of sulfonamides is 1. The Hall–Kier alpha value is -1.47. The fraction of sp³-hybridized carbons (Fsp3) is 0.500. The Morgan fingerprint density at radius 1 is 1.38 bits per heavy atom. The van der Waals surface area contributed by atoms with Crippen molar-refractivity contribution in [1.82, 2.24) is 5.32 Å². The maximum atomic E-state index is 13.4. The van der Waals surface area contributed by atoms with Crippen LogP contribution in [0.25, 0.3) is 0 Å². The Bertz CT molecular complexity index is 654. The van der Waals surface area contributed by atoms with Crippen molar-refractivity contribution in [3.8, 4) is 0 Å². The summed E-state index contributed by atoms with van der Waals surface area (Å²) in [6.45, 7) is 2.62. The topological polar surface area (TPSA) is 89.3 Å². The van der Waals surface area contributed by atoms with E-state index in [9.17, 15) is 17.6 Å². The van der Waals surface area contributed by atoms with Gasteiger partial charge in [-0.1, -0.05) is 13.3 Å². The van der Waals surface area contributed by atoms with Crippen LogP contribution in [0, 0.1) is 11.2 Å². The lowest BCUT2D eigenvalue weighted by Crippen LogP contribution is -2.30. The molecule has 116 valence electrons. The van der Waals surface area contributed by atoms with E-state index < -0.39 is 26.6 Å². The van der Waals surface area contributed by atoms with Crippen molar-refractivity contribution in [3.05, 3.63) is 29.6 Å². The molecule has 1 amide bonds. The fourth-order valence-electron chi connectivity index (χ4n) is 2.45. The van der Waals surface area contributed by atoms with Crippen LogP contribution >= 0.6 is 0 Å². The molecule has 0 spiro atoms. The van der Waals surface area contributed by atoms with Gasteiger partial charge in [-0.15, -0.1) is 0 Å². The quantitative estimate of drug-likeness (QED) is 0.839. The minimum atomic E-state index is -4.04. The Labute approximate surface area is 123 Å². The van der Waals surface area contributed by atoms with Crippen LogP contribution < -0.4 is 10.5 Å². The van der Waals surface area contributed by atoms with Gasteiger partial charge in [0.1, 0.15) is 5.82 Å².